The van der Waals surface area contributed by atoms with Gasteiger partial charge in [0.25, 0.3) is 0 Å². The highest BCUT2D eigenvalue weighted by molar-refractivity contribution is 5.81. The number of benzene rings is 1. The minimum atomic E-state index is 0.694. The van der Waals surface area contributed by atoms with Gasteiger partial charge in [0, 0.05) is 23.4 Å². The molecule has 4 rings (SSSR count). The van der Waals surface area contributed by atoms with Crippen LogP contribution < -0.4 is 0 Å². The van der Waals surface area contributed by atoms with Gasteiger partial charge in [-0.3, -0.25) is 0 Å². The zero-order chi connectivity index (χ0) is 12.8. The number of rotatable bonds is 3. The van der Waals surface area contributed by atoms with Crippen LogP contribution >= 0.6 is 0 Å². The van der Waals surface area contributed by atoms with E-state index in [-0.39, 0.29) is 0 Å². The van der Waals surface area contributed by atoms with Crippen LogP contribution in [0.25, 0.3) is 10.9 Å². The number of imidazole rings is 1. The number of aromatic nitrogens is 3. The van der Waals surface area contributed by atoms with Gasteiger partial charge < -0.3 is 9.13 Å². The normalized spacial score (nSPS) is 15.2. The molecule has 2 heterocycles. The maximum Gasteiger partial charge on any atom is 0.0951 e. The number of para-hydroxylation sites is 1. The number of fused-ring (bicyclic) bond motifs is 1. The van der Waals surface area contributed by atoms with Crippen molar-refractivity contribution in [3.8, 4) is 0 Å². The van der Waals surface area contributed by atoms with Crippen molar-refractivity contribution in [2.75, 3.05) is 0 Å². The van der Waals surface area contributed by atoms with Crippen molar-refractivity contribution in [1.82, 2.24) is 14.1 Å². The van der Waals surface area contributed by atoms with Crippen molar-refractivity contribution >= 4 is 10.9 Å². The molecule has 0 atom stereocenters. The Hall–Kier alpha value is -2.03. The van der Waals surface area contributed by atoms with Crippen LogP contribution in [0.5, 0.6) is 0 Å². The van der Waals surface area contributed by atoms with Crippen LogP contribution in [0.15, 0.2) is 42.9 Å². The lowest BCUT2D eigenvalue weighted by atomic mass is 10.2. The SMILES string of the molecule is Cc1cc2ccccc2n1Cc1cncn1C1CC1. The third kappa shape index (κ3) is 1.77. The molecule has 1 aliphatic rings. The molecule has 0 saturated heterocycles. The monoisotopic (exact) mass is 251 g/mol. The van der Waals surface area contributed by atoms with E-state index in [2.05, 4.69) is 51.4 Å². The Morgan fingerprint density at radius 2 is 2.11 bits per heavy atom. The molecule has 0 radical (unpaired) electrons. The summed E-state index contributed by atoms with van der Waals surface area (Å²) in [6, 6.07) is 11.5. The molecule has 3 heteroatoms. The van der Waals surface area contributed by atoms with E-state index in [1.54, 1.807) is 0 Å². The lowest BCUT2D eigenvalue weighted by Crippen LogP contribution is -2.07. The molecule has 0 aliphatic heterocycles. The highest BCUT2D eigenvalue weighted by atomic mass is 15.1. The summed E-state index contributed by atoms with van der Waals surface area (Å²) >= 11 is 0. The Labute approximate surface area is 112 Å². The first kappa shape index (κ1) is 10.9. The fourth-order valence-corrected chi connectivity index (χ4v) is 2.86. The van der Waals surface area contributed by atoms with Crippen molar-refractivity contribution in [2.45, 2.75) is 32.4 Å². The van der Waals surface area contributed by atoms with Gasteiger partial charge in [-0.2, -0.15) is 0 Å². The van der Waals surface area contributed by atoms with Gasteiger partial charge in [-0.15, -0.1) is 0 Å². The van der Waals surface area contributed by atoms with Crippen LogP contribution in [0, 0.1) is 6.92 Å². The maximum absolute atomic E-state index is 4.32. The molecule has 1 aliphatic carbocycles. The quantitative estimate of drug-likeness (QED) is 0.698. The van der Waals surface area contributed by atoms with E-state index in [1.807, 2.05) is 12.5 Å². The molecule has 1 saturated carbocycles. The fourth-order valence-electron chi connectivity index (χ4n) is 2.86. The summed E-state index contributed by atoms with van der Waals surface area (Å²) in [7, 11) is 0. The van der Waals surface area contributed by atoms with Crippen LogP contribution in [0.3, 0.4) is 0 Å². The van der Waals surface area contributed by atoms with Gasteiger partial charge in [-0.05, 0) is 37.3 Å². The maximum atomic E-state index is 4.32. The molecule has 0 amide bonds. The second kappa shape index (κ2) is 3.98. The van der Waals surface area contributed by atoms with Crippen molar-refractivity contribution in [3.05, 3.63) is 54.2 Å². The zero-order valence-corrected chi connectivity index (χ0v) is 11.1. The van der Waals surface area contributed by atoms with Crippen LogP contribution in [0.4, 0.5) is 0 Å². The first-order chi connectivity index (χ1) is 9.33. The highest BCUT2D eigenvalue weighted by Gasteiger charge is 2.25. The number of hydrogen-bond donors (Lipinski definition) is 0. The van der Waals surface area contributed by atoms with Crippen molar-refractivity contribution in [1.29, 1.82) is 0 Å². The smallest absolute Gasteiger partial charge is 0.0951 e. The zero-order valence-electron chi connectivity index (χ0n) is 11.1. The predicted molar refractivity (Wildman–Crippen MR) is 76.3 cm³/mol. The minimum Gasteiger partial charge on any atom is -0.339 e. The fraction of sp³-hybridized carbons (Fsp3) is 0.312. The lowest BCUT2D eigenvalue weighted by Gasteiger charge is -2.10. The summed E-state index contributed by atoms with van der Waals surface area (Å²) in [6.45, 7) is 3.09. The van der Waals surface area contributed by atoms with Gasteiger partial charge in [0.2, 0.25) is 0 Å². The summed E-state index contributed by atoms with van der Waals surface area (Å²) in [5, 5.41) is 1.32. The Morgan fingerprint density at radius 1 is 1.26 bits per heavy atom. The van der Waals surface area contributed by atoms with Crippen molar-refractivity contribution in [3.63, 3.8) is 0 Å². The van der Waals surface area contributed by atoms with Crippen LogP contribution in [0.1, 0.15) is 30.3 Å². The molecular weight excluding hydrogens is 234 g/mol. The van der Waals surface area contributed by atoms with Crippen LogP contribution in [-0.2, 0) is 6.54 Å². The second-order valence-corrected chi connectivity index (χ2v) is 5.45. The number of nitrogens with zero attached hydrogens (tertiary/aromatic N) is 3. The first-order valence-corrected chi connectivity index (χ1v) is 6.88. The minimum absolute atomic E-state index is 0.694. The molecule has 1 fully saturated rings. The molecule has 3 aromatic rings. The molecule has 0 spiro atoms. The molecule has 0 unspecified atom stereocenters. The van der Waals surface area contributed by atoms with Gasteiger partial charge in [-0.25, -0.2) is 4.98 Å². The van der Waals surface area contributed by atoms with E-state index in [9.17, 15) is 0 Å². The van der Waals surface area contributed by atoms with E-state index in [0.29, 0.717) is 6.04 Å². The Bertz CT molecular complexity index is 731. The molecule has 96 valence electrons. The topological polar surface area (TPSA) is 22.8 Å². The number of hydrogen-bond acceptors (Lipinski definition) is 1. The van der Waals surface area contributed by atoms with Crippen LogP contribution in [-0.4, -0.2) is 14.1 Å². The molecular formula is C16H17N3. The molecule has 1 aromatic carbocycles. The predicted octanol–water partition coefficient (Wildman–Crippen LogP) is 3.53. The molecule has 2 aromatic heterocycles. The van der Waals surface area contributed by atoms with Gasteiger partial charge in [-0.1, -0.05) is 18.2 Å². The standard InChI is InChI=1S/C16H17N3/c1-12-8-13-4-2-3-5-16(13)18(12)10-15-9-17-11-19(15)14-6-7-14/h2-5,8-9,11,14H,6-7,10H2,1H3. The summed E-state index contributed by atoms with van der Waals surface area (Å²) in [5.41, 5.74) is 3.93. The van der Waals surface area contributed by atoms with E-state index >= 15 is 0 Å². The van der Waals surface area contributed by atoms with Gasteiger partial charge in [0.1, 0.15) is 0 Å². The second-order valence-electron chi connectivity index (χ2n) is 5.45. The average Bonchev–Trinajstić information content (AvgIpc) is 3.08. The van der Waals surface area contributed by atoms with E-state index in [1.165, 1.54) is 35.1 Å². The highest BCUT2D eigenvalue weighted by Crippen LogP contribution is 2.36. The molecule has 0 N–H and O–H groups in total. The van der Waals surface area contributed by atoms with E-state index in [0.717, 1.165) is 6.54 Å². The van der Waals surface area contributed by atoms with E-state index < -0.39 is 0 Å². The van der Waals surface area contributed by atoms with Gasteiger partial charge in [0.15, 0.2) is 0 Å². The summed E-state index contributed by atoms with van der Waals surface area (Å²) in [5.74, 6) is 0. The average molecular weight is 251 g/mol. The summed E-state index contributed by atoms with van der Waals surface area (Å²) in [4.78, 5) is 4.32. The molecule has 3 nitrogen and oxygen atoms in total. The largest absolute Gasteiger partial charge is 0.339 e. The third-order valence-corrected chi connectivity index (χ3v) is 4.02. The van der Waals surface area contributed by atoms with E-state index in [4.69, 9.17) is 0 Å². The molecule has 19 heavy (non-hydrogen) atoms. The first-order valence-electron chi connectivity index (χ1n) is 6.88. The van der Waals surface area contributed by atoms with Crippen LogP contribution in [0.2, 0.25) is 0 Å². The Kier molecular flexibility index (Phi) is 2.28. The Morgan fingerprint density at radius 3 is 2.95 bits per heavy atom. The lowest BCUT2D eigenvalue weighted by molar-refractivity contribution is 0.659. The summed E-state index contributed by atoms with van der Waals surface area (Å²) < 4.78 is 4.72. The third-order valence-electron chi connectivity index (χ3n) is 4.02. The Balaban J connectivity index is 1.78. The summed E-state index contributed by atoms with van der Waals surface area (Å²) in [6.07, 6.45) is 6.59. The van der Waals surface area contributed by atoms with Gasteiger partial charge >= 0.3 is 0 Å². The van der Waals surface area contributed by atoms with Crippen molar-refractivity contribution < 1.29 is 0 Å². The van der Waals surface area contributed by atoms with Crippen molar-refractivity contribution in [2.24, 2.45) is 0 Å². The number of aryl methyl sites for hydroxylation is 1. The molecule has 0 bridgehead atoms. The van der Waals surface area contributed by atoms with Gasteiger partial charge in [0.05, 0.1) is 18.6 Å².